The maximum absolute atomic E-state index is 13.2. The Morgan fingerprint density at radius 2 is 2.17 bits per heavy atom. The molecule has 0 fully saturated rings. The number of aromatic nitrogens is 2. The van der Waals surface area contributed by atoms with Crippen LogP contribution in [-0.2, 0) is 6.54 Å². The summed E-state index contributed by atoms with van der Waals surface area (Å²) >= 11 is 0. The lowest BCUT2D eigenvalue weighted by molar-refractivity contribution is 0.619. The van der Waals surface area contributed by atoms with Gasteiger partial charge in [0.15, 0.2) is 0 Å². The largest absolute Gasteiger partial charge is 0.383 e. The van der Waals surface area contributed by atoms with Crippen molar-refractivity contribution in [2.45, 2.75) is 33.2 Å². The maximum atomic E-state index is 13.2. The van der Waals surface area contributed by atoms with Crippen molar-refractivity contribution in [2.75, 3.05) is 5.73 Å². The molecule has 3 nitrogen and oxygen atoms in total. The lowest BCUT2D eigenvalue weighted by Crippen LogP contribution is -2.02. The summed E-state index contributed by atoms with van der Waals surface area (Å²) in [6.45, 7) is 4.75. The van der Waals surface area contributed by atoms with Gasteiger partial charge >= 0.3 is 0 Å². The summed E-state index contributed by atoms with van der Waals surface area (Å²) in [4.78, 5) is 4.33. The minimum absolute atomic E-state index is 0.206. The lowest BCUT2D eigenvalue weighted by Gasteiger charge is -2.05. The van der Waals surface area contributed by atoms with Gasteiger partial charge in [0.1, 0.15) is 17.3 Å². The molecule has 1 aromatic carbocycles. The second kappa shape index (κ2) is 5.21. The van der Waals surface area contributed by atoms with Gasteiger partial charge in [0.05, 0.1) is 6.33 Å². The Morgan fingerprint density at radius 1 is 1.39 bits per heavy atom. The normalized spacial score (nSPS) is 10.8. The zero-order valence-electron chi connectivity index (χ0n) is 10.8. The van der Waals surface area contributed by atoms with E-state index in [1.165, 1.54) is 6.07 Å². The molecule has 96 valence electrons. The van der Waals surface area contributed by atoms with Crippen LogP contribution in [0, 0.1) is 12.7 Å². The molecule has 2 N–H and O–H groups in total. The Balaban J connectivity index is 2.33. The zero-order valence-corrected chi connectivity index (χ0v) is 10.8. The number of hydrogen-bond acceptors (Lipinski definition) is 2. The number of halogens is 1. The van der Waals surface area contributed by atoms with Crippen LogP contribution in [0.1, 0.15) is 25.3 Å². The van der Waals surface area contributed by atoms with Gasteiger partial charge in [-0.25, -0.2) is 9.37 Å². The highest BCUT2D eigenvalue weighted by molar-refractivity contribution is 5.70. The Bertz CT molecular complexity index is 546. The van der Waals surface area contributed by atoms with E-state index in [0.29, 0.717) is 11.4 Å². The average molecular weight is 247 g/mol. The fourth-order valence-corrected chi connectivity index (χ4v) is 1.91. The van der Waals surface area contributed by atoms with E-state index in [1.54, 1.807) is 25.4 Å². The van der Waals surface area contributed by atoms with Crippen LogP contribution < -0.4 is 5.73 Å². The van der Waals surface area contributed by atoms with Gasteiger partial charge in [-0.2, -0.15) is 0 Å². The number of anilines is 1. The minimum atomic E-state index is -0.206. The van der Waals surface area contributed by atoms with Gasteiger partial charge in [-0.3, -0.25) is 0 Å². The van der Waals surface area contributed by atoms with E-state index >= 15 is 0 Å². The molecule has 1 heterocycles. The van der Waals surface area contributed by atoms with Crippen LogP contribution in [0.3, 0.4) is 0 Å². The molecule has 0 atom stereocenters. The van der Waals surface area contributed by atoms with E-state index in [0.717, 1.165) is 30.6 Å². The molecular weight excluding hydrogens is 229 g/mol. The van der Waals surface area contributed by atoms with Crippen LogP contribution in [0.25, 0.3) is 11.3 Å². The van der Waals surface area contributed by atoms with Crippen molar-refractivity contribution in [2.24, 2.45) is 0 Å². The van der Waals surface area contributed by atoms with Crippen molar-refractivity contribution >= 4 is 5.82 Å². The Kier molecular flexibility index (Phi) is 3.65. The summed E-state index contributed by atoms with van der Waals surface area (Å²) in [7, 11) is 0. The number of nitrogens with zero attached hydrogens (tertiary/aromatic N) is 2. The van der Waals surface area contributed by atoms with Crippen LogP contribution in [0.15, 0.2) is 24.5 Å². The highest BCUT2D eigenvalue weighted by atomic mass is 19.1. The van der Waals surface area contributed by atoms with Gasteiger partial charge in [-0.05, 0) is 37.1 Å². The van der Waals surface area contributed by atoms with Gasteiger partial charge in [0.25, 0.3) is 0 Å². The summed E-state index contributed by atoms with van der Waals surface area (Å²) in [6, 6.07) is 4.94. The van der Waals surface area contributed by atoms with E-state index in [1.807, 2.05) is 4.57 Å². The molecule has 0 saturated carbocycles. The van der Waals surface area contributed by atoms with Gasteiger partial charge < -0.3 is 10.3 Å². The predicted molar refractivity (Wildman–Crippen MR) is 71.7 cm³/mol. The maximum Gasteiger partial charge on any atom is 0.131 e. The fraction of sp³-hybridized carbons (Fsp3) is 0.357. The summed E-state index contributed by atoms with van der Waals surface area (Å²) < 4.78 is 15.2. The quantitative estimate of drug-likeness (QED) is 0.900. The number of nitrogen functional groups attached to an aromatic ring is 1. The number of benzene rings is 1. The molecule has 4 heteroatoms. The molecular formula is C14H18FN3. The van der Waals surface area contributed by atoms with E-state index in [9.17, 15) is 4.39 Å². The number of aryl methyl sites for hydroxylation is 2. The first-order valence-electron chi connectivity index (χ1n) is 6.20. The molecule has 0 unspecified atom stereocenters. The average Bonchev–Trinajstić information content (AvgIpc) is 2.72. The van der Waals surface area contributed by atoms with Gasteiger partial charge in [0.2, 0.25) is 0 Å². The SMILES string of the molecule is CCCCn1cnc(-c2ccc(F)c(C)c2)c1N. The Labute approximate surface area is 106 Å². The number of imidazole rings is 1. The topological polar surface area (TPSA) is 43.8 Å². The number of unbranched alkanes of at least 4 members (excludes halogenated alkanes) is 1. The van der Waals surface area contributed by atoms with E-state index in [2.05, 4.69) is 11.9 Å². The number of nitrogens with two attached hydrogens (primary N) is 1. The van der Waals surface area contributed by atoms with Crippen LogP contribution in [0.2, 0.25) is 0 Å². The first-order valence-corrected chi connectivity index (χ1v) is 6.20. The second-order valence-corrected chi connectivity index (χ2v) is 4.49. The van der Waals surface area contributed by atoms with Crippen LogP contribution in [-0.4, -0.2) is 9.55 Å². The van der Waals surface area contributed by atoms with Crippen LogP contribution >= 0.6 is 0 Å². The third-order valence-electron chi connectivity index (χ3n) is 3.06. The van der Waals surface area contributed by atoms with Crippen molar-refractivity contribution in [3.63, 3.8) is 0 Å². The smallest absolute Gasteiger partial charge is 0.131 e. The molecule has 0 spiro atoms. The molecule has 2 aromatic rings. The first-order chi connectivity index (χ1) is 8.63. The third-order valence-corrected chi connectivity index (χ3v) is 3.06. The number of rotatable bonds is 4. The highest BCUT2D eigenvalue weighted by Gasteiger charge is 2.10. The molecule has 0 aliphatic carbocycles. The first kappa shape index (κ1) is 12.6. The van der Waals surface area contributed by atoms with Gasteiger partial charge in [0, 0.05) is 12.1 Å². The molecule has 1 aromatic heterocycles. The van der Waals surface area contributed by atoms with Gasteiger partial charge in [-0.1, -0.05) is 13.3 Å². The summed E-state index contributed by atoms with van der Waals surface area (Å²) in [5.74, 6) is 0.442. The molecule has 0 bridgehead atoms. The van der Waals surface area contributed by atoms with Crippen molar-refractivity contribution in [1.82, 2.24) is 9.55 Å². The van der Waals surface area contributed by atoms with Crippen molar-refractivity contribution in [3.8, 4) is 11.3 Å². The van der Waals surface area contributed by atoms with Crippen molar-refractivity contribution < 1.29 is 4.39 Å². The molecule has 18 heavy (non-hydrogen) atoms. The molecule has 0 aliphatic rings. The second-order valence-electron chi connectivity index (χ2n) is 4.49. The highest BCUT2D eigenvalue weighted by Crippen LogP contribution is 2.26. The predicted octanol–water partition coefficient (Wildman–Crippen LogP) is 3.38. The van der Waals surface area contributed by atoms with Crippen molar-refractivity contribution in [1.29, 1.82) is 0 Å². The zero-order chi connectivity index (χ0) is 13.1. The molecule has 0 amide bonds. The third kappa shape index (κ3) is 2.37. The molecule has 0 saturated heterocycles. The molecule has 0 radical (unpaired) electrons. The summed E-state index contributed by atoms with van der Waals surface area (Å²) in [5.41, 5.74) is 8.27. The lowest BCUT2D eigenvalue weighted by atomic mass is 10.1. The van der Waals surface area contributed by atoms with Gasteiger partial charge in [-0.15, -0.1) is 0 Å². The standard InChI is InChI=1S/C14H18FN3/c1-3-4-7-18-9-17-13(14(18)16)11-5-6-12(15)10(2)8-11/h5-6,8-9H,3-4,7,16H2,1-2H3. The van der Waals surface area contributed by atoms with E-state index in [-0.39, 0.29) is 5.82 Å². The molecule has 0 aliphatic heterocycles. The fourth-order valence-electron chi connectivity index (χ4n) is 1.91. The van der Waals surface area contributed by atoms with E-state index in [4.69, 9.17) is 5.73 Å². The van der Waals surface area contributed by atoms with Crippen LogP contribution in [0.5, 0.6) is 0 Å². The Hall–Kier alpha value is -1.84. The van der Waals surface area contributed by atoms with E-state index < -0.39 is 0 Å². The Morgan fingerprint density at radius 3 is 2.83 bits per heavy atom. The monoisotopic (exact) mass is 247 g/mol. The molecule has 2 rings (SSSR count). The summed E-state index contributed by atoms with van der Waals surface area (Å²) in [5, 5.41) is 0. The minimum Gasteiger partial charge on any atom is -0.383 e. The van der Waals surface area contributed by atoms with Crippen molar-refractivity contribution in [3.05, 3.63) is 35.9 Å². The van der Waals surface area contributed by atoms with Crippen LogP contribution in [0.4, 0.5) is 10.2 Å². The summed E-state index contributed by atoms with van der Waals surface area (Å²) in [6.07, 6.45) is 3.93. The number of hydrogen-bond donors (Lipinski definition) is 1.